The predicted molar refractivity (Wildman–Crippen MR) is 96.2 cm³/mol. The van der Waals surface area contributed by atoms with Gasteiger partial charge in [-0.25, -0.2) is 0 Å². The third kappa shape index (κ3) is 3.89. The van der Waals surface area contributed by atoms with Gasteiger partial charge in [0.1, 0.15) is 15.8 Å². The molecule has 0 bridgehead atoms. The van der Waals surface area contributed by atoms with Gasteiger partial charge >= 0.3 is 0 Å². The summed E-state index contributed by atoms with van der Waals surface area (Å²) < 4.78 is 5.68. The highest BCUT2D eigenvalue weighted by atomic mass is 35.5. The largest absolute Gasteiger partial charge is 0.494 e. The molecule has 0 saturated heterocycles. The quantitative estimate of drug-likeness (QED) is 0.537. The Bertz CT molecular complexity index is 771. The van der Waals surface area contributed by atoms with E-state index in [4.69, 9.17) is 16.3 Å². The van der Waals surface area contributed by atoms with Crippen molar-refractivity contribution in [3.05, 3.63) is 53.6 Å². The fourth-order valence-corrected chi connectivity index (χ4v) is 3.28. The Kier molecular flexibility index (Phi) is 5.26. The van der Waals surface area contributed by atoms with Gasteiger partial charge in [-0.3, -0.25) is 0 Å². The van der Waals surface area contributed by atoms with Crippen LogP contribution in [0.5, 0.6) is 5.75 Å². The van der Waals surface area contributed by atoms with Crippen LogP contribution in [-0.2, 0) is 0 Å². The lowest BCUT2D eigenvalue weighted by Gasteiger charge is -2.05. The average molecular weight is 345 g/mol. The van der Waals surface area contributed by atoms with E-state index in [2.05, 4.69) is 17.1 Å². The van der Waals surface area contributed by atoms with E-state index in [0.29, 0.717) is 5.02 Å². The summed E-state index contributed by atoms with van der Waals surface area (Å²) in [4.78, 5) is 0. The molecule has 118 valence electrons. The van der Waals surface area contributed by atoms with Gasteiger partial charge in [0.25, 0.3) is 0 Å². The predicted octanol–water partition coefficient (Wildman–Crippen LogP) is 5.70. The van der Waals surface area contributed by atoms with Crippen molar-refractivity contribution in [1.29, 1.82) is 0 Å². The molecular formula is C18H17ClN2OS. The zero-order valence-corrected chi connectivity index (χ0v) is 14.4. The van der Waals surface area contributed by atoms with Crippen molar-refractivity contribution in [1.82, 2.24) is 10.2 Å². The molecule has 3 aromatic rings. The summed E-state index contributed by atoms with van der Waals surface area (Å²) in [5.74, 6) is 0.887. The topological polar surface area (TPSA) is 35.0 Å². The number of ether oxygens (including phenoxy) is 1. The van der Waals surface area contributed by atoms with Crippen molar-refractivity contribution >= 4 is 22.9 Å². The highest BCUT2D eigenvalue weighted by Gasteiger charge is 2.11. The van der Waals surface area contributed by atoms with Gasteiger partial charge < -0.3 is 4.74 Å². The minimum Gasteiger partial charge on any atom is -0.494 e. The van der Waals surface area contributed by atoms with E-state index in [1.54, 1.807) is 0 Å². The number of halogens is 1. The fourth-order valence-electron chi connectivity index (χ4n) is 2.11. The van der Waals surface area contributed by atoms with Crippen molar-refractivity contribution in [2.45, 2.75) is 19.8 Å². The second kappa shape index (κ2) is 7.57. The summed E-state index contributed by atoms with van der Waals surface area (Å²) in [6.45, 7) is 2.91. The third-order valence-electron chi connectivity index (χ3n) is 3.40. The van der Waals surface area contributed by atoms with Crippen LogP contribution in [-0.4, -0.2) is 16.8 Å². The molecule has 1 heterocycles. The number of rotatable bonds is 6. The molecule has 0 atom stereocenters. The first kappa shape index (κ1) is 16.0. The Balaban J connectivity index is 1.77. The van der Waals surface area contributed by atoms with Crippen LogP contribution in [0, 0.1) is 0 Å². The summed E-state index contributed by atoms with van der Waals surface area (Å²) in [6.07, 6.45) is 2.20. The van der Waals surface area contributed by atoms with Crippen molar-refractivity contribution in [3.63, 3.8) is 0 Å². The third-order valence-corrected chi connectivity index (χ3v) is 4.73. The highest BCUT2D eigenvalue weighted by Crippen LogP contribution is 2.34. The van der Waals surface area contributed by atoms with Crippen LogP contribution in [0.4, 0.5) is 0 Å². The summed E-state index contributed by atoms with van der Waals surface area (Å²) in [5, 5.41) is 10.9. The smallest absolute Gasteiger partial charge is 0.149 e. The van der Waals surface area contributed by atoms with Gasteiger partial charge in [-0.05, 0) is 36.8 Å². The Morgan fingerprint density at radius 1 is 1.00 bits per heavy atom. The van der Waals surface area contributed by atoms with Crippen LogP contribution < -0.4 is 4.74 Å². The van der Waals surface area contributed by atoms with Crippen LogP contribution >= 0.6 is 22.9 Å². The van der Waals surface area contributed by atoms with E-state index in [-0.39, 0.29) is 0 Å². The Morgan fingerprint density at radius 2 is 1.74 bits per heavy atom. The van der Waals surface area contributed by atoms with Gasteiger partial charge in [0.05, 0.1) is 11.6 Å². The molecule has 0 spiro atoms. The van der Waals surface area contributed by atoms with E-state index < -0.39 is 0 Å². The second-order valence-electron chi connectivity index (χ2n) is 5.12. The van der Waals surface area contributed by atoms with Crippen molar-refractivity contribution in [2.75, 3.05) is 6.61 Å². The average Bonchev–Trinajstić information content (AvgIpc) is 3.06. The van der Waals surface area contributed by atoms with Crippen LogP contribution in [0.3, 0.4) is 0 Å². The Hall–Kier alpha value is -1.91. The molecule has 0 unspecified atom stereocenters. The molecule has 3 nitrogen and oxygen atoms in total. The standard InChI is InChI=1S/C18H17ClN2OS/c1-2-3-12-22-14-10-8-13(9-11-14)17-20-21-18(23-17)15-6-4-5-7-16(15)19/h4-11H,2-3,12H2,1H3. The van der Waals surface area contributed by atoms with Gasteiger partial charge in [0.15, 0.2) is 0 Å². The Labute approximate surface area is 144 Å². The maximum absolute atomic E-state index is 6.22. The molecule has 23 heavy (non-hydrogen) atoms. The number of hydrogen-bond acceptors (Lipinski definition) is 4. The van der Waals surface area contributed by atoms with Crippen LogP contribution in [0.1, 0.15) is 19.8 Å². The first-order chi connectivity index (χ1) is 11.3. The molecule has 0 N–H and O–H groups in total. The van der Waals surface area contributed by atoms with Crippen LogP contribution in [0.15, 0.2) is 48.5 Å². The molecule has 0 aliphatic heterocycles. The van der Waals surface area contributed by atoms with Crippen molar-refractivity contribution in [2.24, 2.45) is 0 Å². The minimum absolute atomic E-state index is 0.690. The molecular weight excluding hydrogens is 328 g/mol. The summed E-state index contributed by atoms with van der Waals surface area (Å²) >= 11 is 7.75. The number of aromatic nitrogens is 2. The molecule has 0 radical (unpaired) electrons. The van der Waals surface area contributed by atoms with Gasteiger partial charge in [-0.2, -0.15) is 0 Å². The molecule has 0 saturated carbocycles. The normalized spacial score (nSPS) is 10.7. The number of benzene rings is 2. The highest BCUT2D eigenvalue weighted by molar-refractivity contribution is 7.18. The molecule has 0 aliphatic rings. The molecule has 3 rings (SSSR count). The van der Waals surface area contributed by atoms with Gasteiger partial charge in [-0.15, -0.1) is 10.2 Å². The van der Waals surface area contributed by atoms with E-state index >= 15 is 0 Å². The number of hydrogen-bond donors (Lipinski definition) is 0. The molecule has 0 amide bonds. The van der Waals surface area contributed by atoms with Crippen molar-refractivity contribution < 1.29 is 4.74 Å². The first-order valence-electron chi connectivity index (χ1n) is 7.59. The summed E-state index contributed by atoms with van der Waals surface area (Å²) in [6, 6.07) is 15.6. The lowest BCUT2D eigenvalue weighted by molar-refractivity contribution is 0.309. The van der Waals surface area contributed by atoms with Gasteiger partial charge in [-0.1, -0.05) is 54.5 Å². The molecule has 0 aliphatic carbocycles. The van der Waals surface area contributed by atoms with Crippen LogP contribution in [0.2, 0.25) is 5.02 Å². The summed E-state index contributed by atoms with van der Waals surface area (Å²) in [7, 11) is 0. The number of unbranched alkanes of at least 4 members (excludes halogenated alkanes) is 1. The minimum atomic E-state index is 0.690. The molecule has 0 fully saturated rings. The van der Waals surface area contributed by atoms with Gasteiger partial charge in [0.2, 0.25) is 0 Å². The Morgan fingerprint density at radius 3 is 2.48 bits per heavy atom. The van der Waals surface area contributed by atoms with Gasteiger partial charge in [0, 0.05) is 11.1 Å². The first-order valence-corrected chi connectivity index (χ1v) is 8.79. The molecule has 5 heteroatoms. The molecule has 2 aromatic carbocycles. The second-order valence-corrected chi connectivity index (χ2v) is 6.50. The maximum atomic E-state index is 6.22. The fraction of sp³-hybridized carbons (Fsp3) is 0.222. The lowest BCUT2D eigenvalue weighted by Crippen LogP contribution is -1.95. The molecule has 1 aromatic heterocycles. The SMILES string of the molecule is CCCCOc1ccc(-c2nnc(-c3ccccc3Cl)s2)cc1. The van der Waals surface area contributed by atoms with E-state index in [1.165, 1.54) is 11.3 Å². The van der Waals surface area contributed by atoms with E-state index in [1.807, 2.05) is 48.5 Å². The maximum Gasteiger partial charge on any atom is 0.149 e. The monoisotopic (exact) mass is 344 g/mol. The lowest BCUT2D eigenvalue weighted by atomic mass is 10.2. The van der Waals surface area contributed by atoms with Crippen LogP contribution in [0.25, 0.3) is 21.1 Å². The summed E-state index contributed by atoms with van der Waals surface area (Å²) in [5.41, 5.74) is 1.95. The van der Waals surface area contributed by atoms with Crippen molar-refractivity contribution in [3.8, 4) is 26.9 Å². The van der Waals surface area contributed by atoms with E-state index in [0.717, 1.165) is 46.3 Å². The zero-order valence-electron chi connectivity index (χ0n) is 12.8. The zero-order chi connectivity index (χ0) is 16.1. The van der Waals surface area contributed by atoms with E-state index in [9.17, 15) is 0 Å². The number of nitrogens with zero attached hydrogens (tertiary/aromatic N) is 2.